The Bertz CT molecular complexity index is 385. The van der Waals surface area contributed by atoms with Gasteiger partial charge >= 0.3 is 29.2 Å². The van der Waals surface area contributed by atoms with Crippen molar-refractivity contribution in [1.29, 1.82) is 0 Å². The van der Waals surface area contributed by atoms with E-state index in [0.29, 0.717) is 0 Å². The molecule has 0 heterocycles. The van der Waals surface area contributed by atoms with Gasteiger partial charge in [-0.15, -0.1) is 0 Å². The Morgan fingerprint density at radius 3 is 1.31 bits per heavy atom. The number of hydrogen-bond acceptors (Lipinski definition) is 0. The van der Waals surface area contributed by atoms with Gasteiger partial charge in [-0.2, -0.15) is 13.2 Å². The predicted molar refractivity (Wildman–Crippen MR) is 47.5 cm³/mol. The van der Waals surface area contributed by atoms with Crippen molar-refractivity contribution in [2.45, 2.75) is 6.18 Å². The molecular weight excluding hydrogens is 321 g/mol. The Morgan fingerprint density at radius 2 is 1.06 bits per heavy atom. The first-order valence-electron chi connectivity index (χ1n) is 3.26. The van der Waals surface area contributed by atoms with Gasteiger partial charge in [0, 0.05) is 0 Å². The van der Waals surface area contributed by atoms with E-state index in [1.807, 2.05) is 0 Å². The van der Waals surface area contributed by atoms with E-state index in [9.17, 15) is 30.7 Å². The summed E-state index contributed by atoms with van der Waals surface area (Å²) >= 11 is 2.08. The van der Waals surface area contributed by atoms with E-state index in [0.717, 1.165) is 0 Å². The van der Waals surface area contributed by atoms with Crippen LogP contribution in [0.4, 0.5) is 30.7 Å². The zero-order valence-electron chi connectivity index (χ0n) is 6.52. The van der Waals surface area contributed by atoms with E-state index in [1.165, 1.54) is 0 Å². The van der Waals surface area contributed by atoms with Gasteiger partial charge in [0.25, 0.3) is 0 Å². The third kappa shape index (κ3) is 2.62. The van der Waals surface area contributed by atoms with Crippen molar-refractivity contribution >= 4 is 39.0 Å². The largest absolute Gasteiger partial charge is 0.422 e. The summed E-state index contributed by atoms with van der Waals surface area (Å²) in [6.07, 6.45) is -5.50. The summed E-state index contributed by atoms with van der Waals surface area (Å²) < 4.78 is 85.2. The van der Waals surface area contributed by atoms with E-state index in [4.69, 9.17) is 0 Å². The fraction of sp³-hybridized carbons (Fsp3) is 0.143. The molecule has 0 spiro atoms. The topological polar surface area (TPSA) is 0 Å². The van der Waals surface area contributed by atoms with Crippen LogP contribution in [-0.2, 0) is 6.18 Å². The molecule has 0 aromatic heterocycles. The highest BCUT2D eigenvalue weighted by molar-refractivity contribution is 9.10. The molecule has 0 aliphatic rings. The van der Waals surface area contributed by atoms with E-state index in [-0.39, 0.29) is 23.1 Å². The van der Waals surface area contributed by atoms with Crippen LogP contribution in [0, 0.1) is 23.3 Å². The van der Waals surface area contributed by atoms with Gasteiger partial charge in [0.2, 0.25) is 0 Å². The summed E-state index contributed by atoms with van der Waals surface area (Å²) in [5.41, 5.74) is -2.58. The minimum Gasteiger partial charge on any atom is -0.203 e. The van der Waals surface area contributed by atoms with Crippen molar-refractivity contribution in [1.82, 2.24) is 0 Å². The molecule has 9 heteroatoms. The molecule has 0 aliphatic heterocycles. The molecule has 1 rings (SSSR count). The molecule has 0 aliphatic carbocycles. The number of rotatable bonds is 0. The molecule has 0 atom stereocenters. The molecule has 0 amide bonds. The maximum atomic E-state index is 12.7. The molecule has 0 N–H and O–H groups in total. The quantitative estimate of drug-likeness (QED) is 0.298. The van der Waals surface area contributed by atoms with Crippen LogP contribution < -0.4 is 0 Å². The summed E-state index contributed by atoms with van der Waals surface area (Å²) in [7, 11) is 0. The van der Waals surface area contributed by atoms with Crippen molar-refractivity contribution in [3.8, 4) is 0 Å². The van der Waals surface area contributed by atoms with Gasteiger partial charge in [-0.25, -0.2) is 17.6 Å². The Kier molecular flexibility index (Phi) is 5.08. The number of alkyl halides is 3. The van der Waals surface area contributed by atoms with Gasteiger partial charge in [0.15, 0.2) is 23.3 Å². The van der Waals surface area contributed by atoms with Gasteiger partial charge in [-0.05, 0) is 15.9 Å². The predicted octanol–water partition coefficient (Wildman–Crippen LogP) is 3.11. The highest BCUT2D eigenvalue weighted by Crippen LogP contribution is 2.38. The van der Waals surface area contributed by atoms with Gasteiger partial charge in [-0.3, -0.25) is 0 Å². The number of benzene rings is 1. The lowest BCUT2D eigenvalue weighted by Crippen LogP contribution is -2.15. The van der Waals surface area contributed by atoms with Crippen LogP contribution in [0.3, 0.4) is 0 Å². The van der Waals surface area contributed by atoms with Crippen molar-refractivity contribution < 1.29 is 30.7 Å². The standard InChI is InChI=1S/C7BrF7.Mg.2H/c8-2-5(11)3(9)1(7(13,14)15)4(10)6(2)12;;;. The molecule has 0 fully saturated rings. The van der Waals surface area contributed by atoms with Crippen molar-refractivity contribution in [3.63, 3.8) is 0 Å². The molecule has 0 saturated carbocycles. The SMILES string of the molecule is Fc1c(F)c(C(F)(F)F)c(F)c(F)c1Br.[MgH2]. The fourth-order valence-electron chi connectivity index (χ4n) is 0.854. The van der Waals surface area contributed by atoms with E-state index < -0.39 is 39.5 Å². The van der Waals surface area contributed by atoms with Gasteiger partial charge in [-0.1, -0.05) is 0 Å². The molecular formula is C7H2BrF7Mg. The van der Waals surface area contributed by atoms with Crippen LogP contribution in [-0.4, -0.2) is 23.1 Å². The monoisotopic (exact) mass is 322 g/mol. The Hall–Kier alpha value is -0.0238. The maximum absolute atomic E-state index is 12.7. The van der Waals surface area contributed by atoms with E-state index in [1.54, 1.807) is 0 Å². The maximum Gasteiger partial charge on any atom is 0.422 e. The minimum absolute atomic E-state index is 0. The van der Waals surface area contributed by atoms with Crippen LogP contribution >= 0.6 is 15.9 Å². The lowest BCUT2D eigenvalue weighted by atomic mass is 10.1. The summed E-state index contributed by atoms with van der Waals surface area (Å²) in [4.78, 5) is 0. The lowest BCUT2D eigenvalue weighted by molar-refractivity contribution is -0.143. The first-order chi connectivity index (χ1) is 6.68. The van der Waals surface area contributed by atoms with E-state index in [2.05, 4.69) is 15.9 Å². The molecule has 0 bridgehead atoms. The summed E-state index contributed by atoms with van der Waals surface area (Å²) in [6, 6.07) is 0. The third-order valence-corrected chi connectivity index (χ3v) is 2.19. The molecule has 0 nitrogen and oxygen atoms in total. The molecule has 88 valence electrons. The Labute approximate surface area is 109 Å². The van der Waals surface area contributed by atoms with Crippen LogP contribution in [0.15, 0.2) is 4.47 Å². The highest BCUT2D eigenvalue weighted by atomic mass is 79.9. The second kappa shape index (κ2) is 5.09. The smallest absolute Gasteiger partial charge is 0.203 e. The van der Waals surface area contributed by atoms with Crippen molar-refractivity contribution in [2.24, 2.45) is 0 Å². The lowest BCUT2D eigenvalue weighted by Gasteiger charge is -2.11. The summed E-state index contributed by atoms with van der Waals surface area (Å²) in [5.74, 6) is -9.20. The van der Waals surface area contributed by atoms with Crippen LogP contribution in [0.2, 0.25) is 0 Å². The Balaban J connectivity index is 0.00000225. The number of halogens is 8. The van der Waals surface area contributed by atoms with Gasteiger partial charge in [0.05, 0.1) is 4.47 Å². The summed E-state index contributed by atoms with van der Waals surface area (Å²) in [5, 5.41) is 0. The summed E-state index contributed by atoms with van der Waals surface area (Å²) in [6.45, 7) is 0. The highest BCUT2D eigenvalue weighted by Gasteiger charge is 2.41. The van der Waals surface area contributed by atoms with Crippen molar-refractivity contribution in [3.05, 3.63) is 33.3 Å². The van der Waals surface area contributed by atoms with Gasteiger partial charge in [0.1, 0.15) is 5.56 Å². The van der Waals surface area contributed by atoms with Gasteiger partial charge < -0.3 is 0 Å². The average molecular weight is 323 g/mol. The first-order valence-corrected chi connectivity index (χ1v) is 4.05. The molecule has 0 saturated heterocycles. The molecule has 0 radical (unpaired) electrons. The molecule has 0 unspecified atom stereocenters. The molecule has 1 aromatic rings. The fourth-order valence-corrected chi connectivity index (χ4v) is 1.20. The molecule has 16 heavy (non-hydrogen) atoms. The van der Waals surface area contributed by atoms with Crippen LogP contribution in [0.5, 0.6) is 0 Å². The molecule has 1 aromatic carbocycles. The van der Waals surface area contributed by atoms with E-state index >= 15 is 0 Å². The van der Waals surface area contributed by atoms with Crippen molar-refractivity contribution in [2.75, 3.05) is 0 Å². The zero-order valence-corrected chi connectivity index (χ0v) is 8.11. The van der Waals surface area contributed by atoms with Crippen LogP contribution in [0.1, 0.15) is 5.56 Å². The average Bonchev–Trinajstić information content (AvgIpc) is 2.09. The second-order valence-corrected chi connectivity index (χ2v) is 3.24. The number of hydrogen-bond donors (Lipinski definition) is 0. The zero-order chi connectivity index (χ0) is 12.0. The normalized spacial score (nSPS) is 11.2. The third-order valence-electron chi connectivity index (χ3n) is 1.49. The minimum atomic E-state index is -5.50. The first kappa shape index (κ1) is 16.0. The van der Waals surface area contributed by atoms with Crippen LogP contribution in [0.25, 0.3) is 0 Å². The Morgan fingerprint density at radius 1 is 0.750 bits per heavy atom. The second-order valence-electron chi connectivity index (χ2n) is 2.44.